The highest BCUT2D eigenvalue weighted by atomic mass is 35.5. The van der Waals surface area contributed by atoms with Crippen molar-refractivity contribution in [3.63, 3.8) is 0 Å². The molecule has 1 aromatic rings. The van der Waals surface area contributed by atoms with Crippen LogP contribution in [0, 0.1) is 0 Å². The number of carbonyl (C=O) groups excluding carboxylic acids is 1. The number of carbonyl (C=O) groups is 1. The zero-order valence-electron chi connectivity index (χ0n) is 18.1. The maximum Gasteiger partial charge on any atom is 0.236 e. The van der Waals surface area contributed by atoms with Crippen molar-refractivity contribution >= 4 is 23.3 Å². The van der Waals surface area contributed by atoms with E-state index in [1.807, 2.05) is 12.3 Å². The topological polar surface area (TPSA) is 51.7 Å². The lowest BCUT2D eigenvalue weighted by molar-refractivity contribution is -0.135. The van der Waals surface area contributed by atoms with Gasteiger partial charge in [-0.25, -0.2) is 4.98 Å². The van der Waals surface area contributed by atoms with Crippen LogP contribution in [0.25, 0.3) is 0 Å². The molecule has 4 rings (SSSR count). The summed E-state index contributed by atoms with van der Waals surface area (Å²) in [5.74, 6) is 1.67. The molecule has 164 valence electrons. The molecule has 0 unspecified atom stereocenters. The molecule has 3 aliphatic rings. The number of fused-ring (bicyclic) bond motifs is 1. The van der Waals surface area contributed by atoms with Gasteiger partial charge in [0.2, 0.25) is 5.91 Å². The van der Waals surface area contributed by atoms with Crippen molar-refractivity contribution in [3.05, 3.63) is 35.2 Å². The third-order valence-electron chi connectivity index (χ3n) is 6.79. The van der Waals surface area contributed by atoms with E-state index in [0.29, 0.717) is 12.4 Å². The first-order valence-electron chi connectivity index (χ1n) is 11.4. The Kier molecular flexibility index (Phi) is 7.28. The van der Waals surface area contributed by atoms with Crippen LogP contribution in [0.4, 0.5) is 5.82 Å². The van der Waals surface area contributed by atoms with Crippen LogP contribution in [0.1, 0.15) is 43.9 Å². The van der Waals surface area contributed by atoms with Gasteiger partial charge in [-0.2, -0.15) is 0 Å². The normalized spacial score (nSPS) is 21.3. The Bertz CT molecular complexity index is 765. The second-order valence-electron chi connectivity index (χ2n) is 8.70. The number of hydrogen-bond acceptors (Lipinski definition) is 5. The number of nitrogens with one attached hydrogen (secondary N) is 1. The quantitative estimate of drug-likeness (QED) is 0.672. The smallest absolute Gasteiger partial charge is 0.236 e. The zero-order chi connectivity index (χ0) is 20.9. The fourth-order valence-electron chi connectivity index (χ4n) is 4.48. The molecule has 1 saturated heterocycles. The van der Waals surface area contributed by atoms with Gasteiger partial charge in [-0.05, 0) is 36.5 Å². The Hall–Kier alpha value is -1.63. The second kappa shape index (κ2) is 10.1. The molecule has 0 radical (unpaired) electrons. The van der Waals surface area contributed by atoms with Gasteiger partial charge < -0.3 is 10.2 Å². The molecule has 1 saturated carbocycles. The van der Waals surface area contributed by atoms with Gasteiger partial charge in [0.15, 0.2) is 0 Å². The lowest BCUT2D eigenvalue weighted by Crippen LogP contribution is -2.55. The minimum atomic E-state index is 0.274. The summed E-state index contributed by atoms with van der Waals surface area (Å²) < 4.78 is 0. The molecule has 1 amide bonds. The van der Waals surface area contributed by atoms with E-state index in [0.717, 1.165) is 75.2 Å². The Labute approximate surface area is 185 Å². The summed E-state index contributed by atoms with van der Waals surface area (Å²) in [5, 5.41) is 3.27. The molecule has 0 spiro atoms. The molecule has 1 aliphatic carbocycles. The van der Waals surface area contributed by atoms with E-state index in [2.05, 4.69) is 33.0 Å². The van der Waals surface area contributed by atoms with Crippen LogP contribution >= 0.6 is 11.6 Å². The standard InChI is InChI=1S/C23H34ClN5O/c1-2-18(14-24)15-25-22-7-6-19-16-27(9-8-21(19)26-22)17-23(30)29-12-10-28(11-13-29)20-4-3-5-20/h6-7,15,20H,2-5,8-14,16-17H2,1H3,(H,25,26)/b18-15+. The number of allylic oxidation sites excluding steroid dienone is 1. The summed E-state index contributed by atoms with van der Waals surface area (Å²) in [6, 6.07) is 4.94. The van der Waals surface area contributed by atoms with Gasteiger partial charge in [-0.1, -0.05) is 19.4 Å². The van der Waals surface area contributed by atoms with Crippen molar-refractivity contribution in [2.24, 2.45) is 0 Å². The predicted molar refractivity (Wildman–Crippen MR) is 122 cm³/mol. The van der Waals surface area contributed by atoms with Crippen molar-refractivity contribution in [1.29, 1.82) is 0 Å². The van der Waals surface area contributed by atoms with E-state index in [9.17, 15) is 4.79 Å². The first-order chi connectivity index (χ1) is 14.7. The van der Waals surface area contributed by atoms with Crippen LogP contribution in [0.15, 0.2) is 23.9 Å². The minimum absolute atomic E-state index is 0.274. The summed E-state index contributed by atoms with van der Waals surface area (Å²) in [6.45, 7) is 8.14. The molecule has 2 fully saturated rings. The Morgan fingerprint density at radius 1 is 1.23 bits per heavy atom. The molecule has 2 aliphatic heterocycles. The van der Waals surface area contributed by atoms with Crippen LogP contribution in [0.5, 0.6) is 0 Å². The maximum absolute atomic E-state index is 12.8. The molecule has 1 aromatic heterocycles. The first kappa shape index (κ1) is 21.6. The molecule has 6 nitrogen and oxygen atoms in total. The van der Waals surface area contributed by atoms with Gasteiger partial charge in [0, 0.05) is 69.5 Å². The molecule has 3 heterocycles. The molecule has 1 N–H and O–H groups in total. The monoisotopic (exact) mass is 431 g/mol. The average molecular weight is 432 g/mol. The summed E-state index contributed by atoms with van der Waals surface area (Å²) in [6.07, 6.45) is 7.83. The third kappa shape index (κ3) is 5.16. The van der Waals surface area contributed by atoms with E-state index in [1.54, 1.807) is 0 Å². The van der Waals surface area contributed by atoms with E-state index < -0.39 is 0 Å². The molecule has 0 aromatic carbocycles. The van der Waals surface area contributed by atoms with Crippen LogP contribution in [-0.4, -0.2) is 76.8 Å². The molecule has 0 atom stereocenters. The Morgan fingerprint density at radius 2 is 2.03 bits per heavy atom. The number of piperazine rings is 1. The Balaban J connectivity index is 1.27. The second-order valence-corrected chi connectivity index (χ2v) is 8.97. The SMILES string of the molecule is CC/C(=C\Nc1ccc2c(n1)CCN(CC(=O)N1CCN(C3CCC3)CC1)C2)CCl. The molecule has 0 bridgehead atoms. The first-order valence-corrected chi connectivity index (χ1v) is 11.9. The van der Waals surface area contributed by atoms with Crippen molar-refractivity contribution in [1.82, 2.24) is 19.7 Å². The van der Waals surface area contributed by atoms with Gasteiger partial charge in [-0.15, -0.1) is 11.6 Å². The van der Waals surface area contributed by atoms with Crippen molar-refractivity contribution in [2.75, 3.05) is 50.5 Å². The molecular formula is C23H34ClN5O. The number of anilines is 1. The van der Waals surface area contributed by atoms with E-state index >= 15 is 0 Å². The third-order valence-corrected chi connectivity index (χ3v) is 7.14. The van der Waals surface area contributed by atoms with Crippen molar-refractivity contribution in [2.45, 2.75) is 51.6 Å². The average Bonchev–Trinajstić information content (AvgIpc) is 2.73. The molecule has 7 heteroatoms. The van der Waals surface area contributed by atoms with Crippen LogP contribution in [-0.2, 0) is 17.8 Å². The lowest BCUT2D eigenvalue weighted by atomic mass is 9.91. The minimum Gasteiger partial charge on any atom is -0.347 e. The zero-order valence-corrected chi connectivity index (χ0v) is 18.8. The number of nitrogens with zero attached hydrogens (tertiary/aromatic N) is 4. The molecular weight excluding hydrogens is 398 g/mol. The van der Waals surface area contributed by atoms with Gasteiger partial charge in [0.25, 0.3) is 0 Å². The fourth-order valence-corrected chi connectivity index (χ4v) is 4.75. The van der Waals surface area contributed by atoms with E-state index in [-0.39, 0.29) is 5.91 Å². The Morgan fingerprint density at radius 3 is 2.70 bits per heavy atom. The van der Waals surface area contributed by atoms with Gasteiger partial charge in [0.1, 0.15) is 5.82 Å². The number of rotatable bonds is 7. The van der Waals surface area contributed by atoms with E-state index in [1.165, 1.54) is 24.8 Å². The van der Waals surface area contributed by atoms with Crippen LogP contribution in [0.3, 0.4) is 0 Å². The van der Waals surface area contributed by atoms with Gasteiger partial charge in [-0.3, -0.25) is 14.6 Å². The predicted octanol–water partition coefficient (Wildman–Crippen LogP) is 3.08. The fraction of sp³-hybridized carbons (Fsp3) is 0.652. The van der Waals surface area contributed by atoms with E-state index in [4.69, 9.17) is 16.6 Å². The van der Waals surface area contributed by atoms with Crippen molar-refractivity contribution in [3.8, 4) is 0 Å². The largest absolute Gasteiger partial charge is 0.347 e. The van der Waals surface area contributed by atoms with Crippen LogP contribution < -0.4 is 5.32 Å². The highest BCUT2D eigenvalue weighted by Crippen LogP contribution is 2.25. The summed E-state index contributed by atoms with van der Waals surface area (Å²) in [7, 11) is 0. The van der Waals surface area contributed by atoms with Crippen LogP contribution in [0.2, 0.25) is 0 Å². The lowest BCUT2D eigenvalue weighted by Gasteiger charge is -2.43. The number of hydrogen-bond donors (Lipinski definition) is 1. The molecule has 30 heavy (non-hydrogen) atoms. The summed E-state index contributed by atoms with van der Waals surface area (Å²) in [5.41, 5.74) is 3.52. The van der Waals surface area contributed by atoms with Gasteiger partial charge >= 0.3 is 0 Å². The number of alkyl halides is 1. The number of aromatic nitrogens is 1. The van der Waals surface area contributed by atoms with Crippen molar-refractivity contribution < 1.29 is 4.79 Å². The summed E-state index contributed by atoms with van der Waals surface area (Å²) >= 11 is 5.93. The highest BCUT2D eigenvalue weighted by Gasteiger charge is 2.30. The number of pyridine rings is 1. The highest BCUT2D eigenvalue weighted by molar-refractivity contribution is 6.19. The maximum atomic E-state index is 12.8. The van der Waals surface area contributed by atoms with Gasteiger partial charge in [0.05, 0.1) is 6.54 Å². The number of halogens is 1. The number of amides is 1. The summed E-state index contributed by atoms with van der Waals surface area (Å²) in [4.78, 5) is 24.5.